The minimum atomic E-state index is 0.316. The first-order valence-corrected chi connectivity index (χ1v) is 6.54. The number of ether oxygens (including phenoxy) is 1. The molecule has 0 radical (unpaired) electrons. The lowest BCUT2D eigenvalue weighted by Crippen LogP contribution is -2.08. The fourth-order valence-electron chi connectivity index (χ4n) is 2.15. The third-order valence-corrected chi connectivity index (χ3v) is 3.29. The summed E-state index contributed by atoms with van der Waals surface area (Å²) in [6.45, 7) is 4.31. The topological polar surface area (TPSA) is 60.2 Å². The second-order valence-corrected chi connectivity index (χ2v) is 4.84. The van der Waals surface area contributed by atoms with Crippen molar-refractivity contribution in [3.8, 4) is 5.75 Å². The summed E-state index contributed by atoms with van der Waals surface area (Å²) in [5, 5.41) is 7.31. The lowest BCUT2D eigenvalue weighted by Gasteiger charge is -2.02. The molecular formula is C14H17N3O2. The van der Waals surface area contributed by atoms with E-state index < -0.39 is 0 Å². The number of rotatable bonds is 4. The van der Waals surface area contributed by atoms with Crippen LogP contribution in [0.25, 0.3) is 0 Å². The highest BCUT2D eigenvalue weighted by atomic mass is 16.5. The summed E-state index contributed by atoms with van der Waals surface area (Å²) >= 11 is 0. The zero-order valence-electron chi connectivity index (χ0n) is 10.9. The monoisotopic (exact) mass is 259 g/mol. The van der Waals surface area contributed by atoms with Gasteiger partial charge in [-0.05, 0) is 32.0 Å². The van der Waals surface area contributed by atoms with Gasteiger partial charge in [0.2, 0.25) is 0 Å². The Morgan fingerprint density at radius 2 is 2.21 bits per heavy atom. The van der Waals surface area contributed by atoms with Crippen molar-refractivity contribution in [2.24, 2.45) is 0 Å². The van der Waals surface area contributed by atoms with Crippen molar-refractivity contribution in [2.75, 3.05) is 13.1 Å². The average Bonchev–Trinajstić information content (AvgIpc) is 3.09. The first kappa shape index (κ1) is 12.2. The smallest absolute Gasteiger partial charge is 0.264 e. The maximum Gasteiger partial charge on any atom is 0.264 e. The Balaban J connectivity index is 1.59. The van der Waals surface area contributed by atoms with Crippen LogP contribution in [0.2, 0.25) is 0 Å². The molecule has 1 N–H and O–H groups in total. The molecule has 1 aliphatic rings. The van der Waals surface area contributed by atoms with Crippen LogP contribution in [0.3, 0.4) is 0 Å². The molecule has 0 aliphatic carbocycles. The van der Waals surface area contributed by atoms with E-state index in [4.69, 9.17) is 9.26 Å². The van der Waals surface area contributed by atoms with Gasteiger partial charge < -0.3 is 14.6 Å². The number of aryl methyl sites for hydroxylation is 1. The minimum Gasteiger partial charge on any atom is -0.484 e. The first-order valence-electron chi connectivity index (χ1n) is 6.54. The Morgan fingerprint density at radius 1 is 1.37 bits per heavy atom. The number of aromatic nitrogens is 2. The van der Waals surface area contributed by atoms with Gasteiger partial charge in [-0.1, -0.05) is 22.9 Å². The summed E-state index contributed by atoms with van der Waals surface area (Å²) in [6, 6.07) is 7.90. The molecule has 100 valence electrons. The van der Waals surface area contributed by atoms with E-state index in [0.29, 0.717) is 18.4 Å². The summed E-state index contributed by atoms with van der Waals surface area (Å²) in [5.41, 5.74) is 1.21. The number of hydrogen-bond donors (Lipinski definition) is 1. The molecule has 0 saturated carbocycles. The zero-order chi connectivity index (χ0) is 13.1. The summed E-state index contributed by atoms with van der Waals surface area (Å²) < 4.78 is 10.8. The van der Waals surface area contributed by atoms with Crippen molar-refractivity contribution in [1.29, 1.82) is 0 Å². The van der Waals surface area contributed by atoms with Gasteiger partial charge in [0, 0.05) is 12.5 Å². The van der Waals surface area contributed by atoms with Crippen LogP contribution >= 0.6 is 0 Å². The molecule has 0 spiro atoms. The van der Waals surface area contributed by atoms with E-state index in [2.05, 4.69) is 15.5 Å². The number of benzene rings is 1. The van der Waals surface area contributed by atoms with E-state index in [-0.39, 0.29) is 0 Å². The van der Waals surface area contributed by atoms with Crippen molar-refractivity contribution < 1.29 is 9.26 Å². The Morgan fingerprint density at radius 3 is 2.95 bits per heavy atom. The van der Waals surface area contributed by atoms with Gasteiger partial charge in [0.05, 0.1) is 0 Å². The van der Waals surface area contributed by atoms with Crippen LogP contribution in [0.1, 0.15) is 29.6 Å². The van der Waals surface area contributed by atoms with Gasteiger partial charge in [0.1, 0.15) is 5.75 Å². The third kappa shape index (κ3) is 2.93. The maximum atomic E-state index is 5.61. The molecule has 2 heterocycles. The van der Waals surface area contributed by atoms with E-state index in [1.165, 1.54) is 5.56 Å². The van der Waals surface area contributed by atoms with Crippen molar-refractivity contribution in [1.82, 2.24) is 15.5 Å². The van der Waals surface area contributed by atoms with Gasteiger partial charge in [-0.2, -0.15) is 4.98 Å². The van der Waals surface area contributed by atoms with Gasteiger partial charge in [-0.25, -0.2) is 0 Å². The number of hydrogen-bond acceptors (Lipinski definition) is 5. The molecule has 19 heavy (non-hydrogen) atoms. The van der Waals surface area contributed by atoms with Crippen LogP contribution in [-0.4, -0.2) is 23.2 Å². The Bertz CT molecular complexity index is 530. The van der Waals surface area contributed by atoms with Gasteiger partial charge in [0.25, 0.3) is 5.89 Å². The fraction of sp³-hybridized carbons (Fsp3) is 0.429. The Hall–Kier alpha value is -1.88. The molecule has 0 unspecified atom stereocenters. The summed E-state index contributed by atoms with van der Waals surface area (Å²) in [6.07, 6.45) is 1.07. The third-order valence-electron chi connectivity index (χ3n) is 3.29. The van der Waals surface area contributed by atoms with Gasteiger partial charge in [-0.15, -0.1) is 0 Å². The normalized spacial score (nSPS) is 18.7. The van der Waals surface area contributed by atoms with Crippen LogP contribution in [-0.2, 0) is 6.61 Å². The molecule has 2 aromatic rings. The highest BCUT2D eigenvalue weighted by Gasteiger charge is 2.22. The van der Waals surface area contributed by atoms with Crippen LogP contribution in [0, 0.1) is 6.92 Å². The summed E-state index contributed by atoms with van der Waals surface area (Å²) in [4.78, 5) is 4.38. The van der Waals surface area contributed by atoms with Crippen LogP contribution < -0.4 is 10.1 Å². The summed E-state index contributed by atoms with van der Waals surface area (Å²) in [5.74, 6) is 2.50. The quantitative estimate of drug-likeness (QED) is 0.910. The second-order valence-electron chi connectivity index (χ2n) is 4.84. The highest BCUT2D eigenvalue weighted by molar-refractivity contribution is 5.26. The van der Waals surface area contributed by atoms with E-state index in [1.807, 2.05) is 31.2 Å². The molecule has 1 aromatic carbocycles. The van der Waals surface area contributed by atoms with Gasteiger partial charge in [-0.3, -0.25) is 0 Å². The van der Waals surface area contributed by atoms with Gasteiger partial charge >= 0.3 is 0 Å². The van der Waals surface area contributed by atoms with E-state index in [0.717, 1.165) is 31.1 Å². The van der Waals surface area contributed by atoms with Crippen LogP contribution in [0.4, 0.5) is 0 Å². The SMILES string of the molecule is Cc1ccc(OCc2nc([C@@H]3CCNC3)no2)cc1. The molecule has 3 rings (SSSR count). The first-order chi connectivity index (χ1) is 9.31. The Labute approximate surface area is 112 Å². The molecule has 1 atom stereocenters. The largest absolute Gasteiger partial charge is 0.484 e. The van der Waals surface area contributed by atoms with Crippen molar-refractivity contribution in [2.45, 2.75) is 25.9 Å². The lowest BCUT2D eigenvalue weighted by atomic mass is 10.1. The average molecular weight is 259 g/mol. The maximum absolute atomic E-state index is 5.61. The molecule has 1 aliphatic heterocycles. The molecule has 1 aromatic heterocycles. The minimum absolute atomic E-state index is 0.316. The summed E-state index contributed by atoms with van der Waals surface area (Å²) in [7, 11) is 0. The van der Waals surface area contributed by atoms with Gasteiger partial charge in [0.15, 0.2) is 12.4 Å². The molecule has 5 heteroatoms. The number of nitrogens with zero attached hydrogens (tertiary/aromatic N) is 2. The molecule has 0 amide bonds. The van der Waals surface area contributed by atoms with Crippen molar-refractivity contribution >= 4 is 0 Å². The molecule has 5 nitrogen and oxygen atoms in total. The predicted molar refractivity (Wildman–Crippen MR) is 70.0 cm³/mol. The standard InChI is InChI=1S/C14H17N3O2/c1-10-2-4-12(5-3-10)18-9-13-16-14(17-19-13)11-6-7-15-8-11/h2-5,11,15H,6-9H2,1H3/t11-/m1/s1. The van der Waals surface area contributed by atoms with Crippen molar-refractivity contribution in [3.05, 3.63) is 41.5 Å². The zero-order valence-corrected chi connectivity index (χ0v) is 10.9. The van der Waals surface area contributed by atoms with E-state index in [1.54, 1.807) is 0 Å². The van der Waals surface area contributed by atoms with Crippen LogP contribution in [0.5, 0.6) is 5.75 Å². The molecule has 1 fully saturated rings. The van der Waals surface area contributed by atoms with Crippen LogP contribution in [0.15, 0.2) is 28.8 Å². The highest BCUT2D eigenvalue weighted by Crippen LogP contribution is 2.19. The second kappa shape index (κ2) is 5.40. The fourth-order valence-corrected chi connectivity index (χ4v) is 2.15. The number of nitrogens with one attached hydrogen (secondary N) is 1. The van der Waals surface area contributed by atoms with E-state index in [9.17, 15) is 0 Å². The molecule has 0 bridgehead atoms. The molecular weight excluding hydrogens is 242 g/mol. The Kier molecular flexibility index (Phi) is 3.46. The lowest BCUT2D eigenvalue weighted by molar-refractivity contribution is 0.242. The van der Waals surface area contributed by atoms with Crippen molar-refractivity contribution in [3.63, 3.8) is 0 Å². The molecule has 1 saturated heterocycles. The van der Waals surface area contributed by atoms with E-state index >= 15 is 0 Å². The predicted octanol–water partition coefficient (Wildman–Crippen LogP) is 2.03.